The molecule has 0 aromatic heterocycles. The van der Waals surface area contributed by atoms with Gasteiger partial charge in [-0.15, -0.1) is 0 Å². The summed E-state index contributed by atoms with van der Waals surface area (Å²) in [4.78, 5) is 23.6. The number of rotatable bonds is 6. The molecule has 0 bridgehead atoms. The van der Waals surface area contributed by atoms with Crippen LogP contribution < -0.4 is 10.1 Å². The molecule has 0 saturated heterocycles. The lowest BCUT2D eigenvalue weighted by Crippen LogP contribution is -2.24. The Hall–Kier alpha value is -1.95. The van der Waals surface area contributed by atoms with E-state index in [1.165, 1.54) is 12.1 Å². The maximum absolute atomic E-state index is 11.9. The summed E-state index contributed by atoms with van der Waals surface area (Å²) in [6.45, 7) is 2.99. The zero-order chi connectivity index (χ0) is 19.3. The number of carbonyl (C=O) groups excluding carboxylic acids is 2. The lowest BCUT2D eigenvalue weighted by atomic mass is 10.1. The number of nitrogens with one attached hydrogen (secondary N) is 1. The van der Waals surface area contributed by atoms with Crippen molar-refractivity contribution in [2.45, 2.75) is 13.8 Å². The largest absolute Gasteiger partial charge is 0.480 e. The number of benzene rings is 2. The molecule has 138 valence electrons. The van der Waals surface area contributed by atoms with E-state index in [-0.39, 0.29) is 20.8 Å². The zero-order valence-electron chi connectivity index (χ0n) is 14.1. The Labute approximate surface area is 166 Å². The molecule has 0 atom stereocenters. The van der Waals surface area contributed by atoms with Crippen molar-refractivity contribution < 1.29 is 19.1 Å². The Bertz CT molecular complexity index is 839. The molecular weight excluding hydrogens is 401 g/mol. The van der Waals surface area contributed by atoms with Crippen molar-refractivity contribution in [1.29, 1.82) is 0 Å². The number of halogens is 3. The SMILES string of the molecule is Cc1cccc(NC(=O)COC(=O)COc2cc(Cl)c(Cl)cc2Cl)c1C. The number of anilines is 1. The van der Waals surface area contributed by atoms with Crippen LogP contribution in [0, 0.1) is 13.8 Å². The monoisotopic (exact) mass is 415 g/mol. The smallest absolute Gasteiger partial charge is 0.344 e. The highest BCUT2D eigenvalue weighted by Crippen LogP contribution is 2.33. The Morgan fingerprint density at radius 1 is 1.00 bits per heavy atom. The maximum atomic E-state index is 11.9. The summed E-state index contributed by atoms with van der Waals surface area (Å²) in [6.07, 6.45) is 0. The Kier molecular flexibility index (Phi) is 7.14. The van der Waals surface area contributed by atoms with E-state index in [1.807, 2.05) is 26.0 Å². The molecule has 0 fully saturated rings. The zero-order valence-corrected chi connectivity index (χ0v) is 16.3. The summed E-state index contributed by atoms with van der Waals surface area (Å²) >= 11 is 17.6. The van der Waals surface area contributed by atoms with E-state index < -0.39 is 25.1 Å². The van der Waals surface area contributed by atoms with Gasteiger partial charge >= 0.3 is 5.97 Å². The third-order valence-electron chi connectivity index (χ3n) is 3.56. The summed E-state index contributed by atoms with van der Waals surface area (Å²) in [5.74, 6) is -0.972. The average Bonchev–Trinajstić information content (AvgIpc) is 2.59. The van der Waals surface area contributed by atoms with Crippen LogP contribution in [-0.2, 0) is 14.3 Å². The lowest BCUT2D eigenvalue weighted by Gasteiger charge is -2.11. The predicted octanol–water partition coefficient (Wildman–Crippen LogP) is 4.82. The van der Waals surface area contributed by atoms with E-state index >= 15 is 0 Å². The van der Waals surface area contributed by atoms with Crippen molar-refractivity contribution in [3.63, 3.8) is 0 Å². The van der Waals surface area contributed by atoms with Crippen molar-refractivity contribution in [1.82, 2.24) is 0 Å². The van der Waals surface area contributed by atoms with Crippen LogP contribution in [0.5, 0.6) is 5.75 Å². The van der Waals surface area contributed by atoms with Gasteiger partial charge in [-0.2, -0.15) is 0 Å². The molecule has 0 radical (unpaired) electrons. The molecule has 0 unspecified atom stereocenters. The minimum atomic E-state index is -0.719. The molecule has 0 aliphatic heterocycles. The van der Waals surface area contributed by atoms with Crippen LogP contribution in [0.15, 0.2) is 30.3 Å². The van der Waals surface area contributed by atoms with Gasteiger partial charge in [-0.05, 0) is 37.1 Å². The van der Waals surface area contributed by atoms with Crippen molar-refractivity contribution in [2.24, 2.45) is 0 Å². The third-order valence-corrected chi connectivity index (χ3v) is 4.58. The Balaban J connectivity index is 1.82. The first-order valence-corrected chi connectivity index (χ1v) is 8.70. The van der Waals surface area contributed by atoms with Crippen LogP contribution in [0.3, 0.4) is 0 Å². The third kappa shape index (κ3) is 5.53. The normalized spacial score (nSPS) is 10.3. The first kappa shape index (κ1) is 20.4. The topological polar surface area (TPSA) is 64.6 Å². The molecule has 0 heterocycles. The highest BCUT2D eigenvalue weighted by molar-refractivity contribution is 6.43. The van der Waals surface area contributed by atoms with Gasteiger partial charge in [0.05, 0.1) is 15.1 Å². The fourth-order valence-corrected chi connectivity index (χ4v) is 2.60. The summed E-state index contributed by atoms with van der Waals surface area (Å²) < 4.78 is 10.1. The number of ether oxygens (including phenoxy) is 2. The summed E-state index contributed by atoms with van der Waals surface area (Å²) in [5, 5.41) is 3.42. The molecule has 0 aliphatic carbocycles. The van der Waals surface area contributed by atoms with Gasteiger partial charge in [0.1, 0.15) is 5.75 Å². The number of amides is 1. The van der Waals surface area contributed by atoms with Crippen LogP contribution in [0.25, 0.3) is 0 Å². The maximum Gasteiger partial charge on any atom is 0.344 e. The molecule has 0 saturated carbocycles. The predicted molar refractivity (Wildman–Crippen MR) is 102 cm³/mol. The highest BCUT2D eigenvalue weighted by atomic mass is 35.5. The fraction of sp³-hybridized carbons (Fsp3) is 0.222. The van der Waals surface area contributed by atoms with E-state index in [9.17, 15) is 9.59 Å². The van der Waals surface area contributed by atoms with Gasteiger partial charge in [0.15, 0.2) is 13.2 Å². The molecule has 5 nitrogen and oxygen atoms in total. The summed E-state index contributed by atoms with van der Waals surface area (Å²) in [7, 11) is 0. The molecule has 26 heavy (non-hydrogen) atoms. The van der Waals surface area contributed by atoms with Crippen molar-refractivity contribution in [3.05, 3.63) is 56.5 Å². The average molecular weight is 417 g/mol. The molecule has 0 aliphatic rings. The van der Waals surface area contributed by atoms with E-state index in [0.29, 0.717) is 5.69 Å². The van der Waals surface area contributed by atoms with Gasteiger partial charge in [-0.3, -0.25) is 4.79 Å². The van der Waals surface area contributed by atoms with E-state index in [0.717, 1.165) is 11.1 Å². The van der Waals surface area contributed by atoms with Gasteiger partial charge in [0, 0.05) is 11.8 Å². The van der Waals surface area contributed by atoms with E-state index in [4.69, 9.17) is 44.3 Å². The molecule has 8 heteroatoms. The molecule has 1 amide bonds. The number of esters is 1. The van der Waals surface area contributed by atoms with Crippen LogP contribution in [-0.4, -0.2) is 25.1 Å². The van der Waals surface area contributed by atoms with E-state index in [2.05, 4.69) is 5.32 Å². The quantitative estimate of drug-likeness (QED) is 0.541. The van der Waals surface area contributed by atoms with Crippen LogP contribution in [0.1, 0.15) is 11.1 Å². The molecule has 1 N–H and O–H groups in total. The second kappa shape index (κ2) is 9.12. The van der Waals surface area contributed by atoms with Crippen LogP contribution in [0.4, 0.5) is 5.69 Å². The Morgan fingerprint density at radius 2 is 1.69 bits per heavy atom. The first-order valence-electron chi connectivity index (χ1n) is 7.57. The summed E-state index contributed by atoms with van der Waals surface area (Å²) in [5.41, 5.74) is 2.67. The highest BCUT2D eigenvalue weighted by Gasteiger charge is 2.12. The Morgan fingerprint density at radius 3 is 2.42 bits per heavy atom. The van der Waals surface area contributed by atoms with E-state index in [1.54, 1.807) is 6.07 Å². The lowest BCUT2D eigenvalue weighted by molar-refractivity contribution is -0.149. The standard InChI is InChI=1S/C18H16Cl3NO4/c1-10-4-3-5-15(11(10)2)22-17(23)8-26-18(24)9-25-16-7-13(20)12(19)6-14(16)21/h3-7H,8-9H2,1-2H3,(H,22,23). The van der Waals surface area contributed by atoms with Gasteiger partial charge in [0.2, 0.25) is 0 Å². The van der Waals surface area contributed by atoms with Gasteiger partial charge in [-0.1, -0.05) is 46.9 Å². The first-order chi connectivity index (χ1) is 12.3. The second-order valence-corrected chi connectivity index (χ2v) is 6.66. The molecular formula is C18H16Cl3NO4. The van der Waals surface area contributed by atoms with Crippen molar-refractivity contribution >= 4 is 52.4 Å². The number of hydrogen-bond donors (Lipinski definition) is 1. The van der Waals surface area contributed by atoms with Gasteiger partial charge in [-0.25, -0.2) is 4.79 Å². The minimum Gasteiger partial charge on any atom is -0.480 e. The van der Waals surface area contributed by atoms with Crippen molar-refractivity contribution in [3.8, 4) is 5.75 Å². The molecule has 0 spiro atoms. The summed E-state index contributed by atoms with van der Waals surface area (Å²) in [6, 6.07) is 8.35. The van der Waals surface area contributed by atoms with Gasteiger partial charge in [0.25, 0.3) is 5.91 Å². The minimum absolute atomic E-state index is 0.192. The molecule has 2 aromatic rings. The number of carbonyl (C=O) groups is 2. The molecule has 2 aromatic carbocycles. The number of hydrogen-bond acceptors (Lipinski definition) is 4. The number of aryl methyl sites for hydroxylation is 1. The van der Waals surface area contributed by atoms with Crippen LogP contribution in [0.2, 0.25) is 15.1 Å². The van der Waals surface area contributed by atoms with Gasteiger partial charge < -0.3 is 14.8 Å². The fourth-order valence-electron chi connectivity index (χ4n) is 2.01. The second-order valence-electron chi connectivity index (χ2n) is 5.44. The van der Waals surface area contributed by atoms with Crippen molar-refractivity contribution in [2.75, 3.05) is 18.5 Å². The van der Waals surface area contributed by atoms with Crippen LogP contribution >= 0.6 is 34.8 Å². The molecule has 2 rings (SSSR count).